The van der Waals surface area contributed by atoms with Gasteiger partial charge in [-0.15, -0.1) is 0 Å². The molecule has 1 aromatic carbocycles. The van der Waals surface area contributed by atoms with Crippen LogP contribution in [0.2, 0.25) is 0 Å². The molecule has 0 aromatic heterocycles. The summed E-state index contributed by atoms with van der Waals surface area (Å²) in [6.07, 6.45) is 4.32. The van der Waals surface area contributed by atoms with Gasteiger partial charge in [-0.3, -0.25) is 0 Å². The first kappa shape index (κ1) is 15.2. The van der Waals surface area contributed by atoms with Crippen molar-refractivity contribution in [1.29, 1.82) is 0 Å². The number of ether oxygens (including phenoxy) is 3. The molecule has 120 valence electrons. The molecule has 2 aliphatic heterocycles. The van der Waals surface area contributed by atoms with Crippen molar-refractivity contribution >= 4 is 5.97 Å². The Hall–Kier alpha value is -1.75. The third-order valence-corrected chi connectivity index (χ3v) is 4.95. The summed E-state index contributed by atoms with van der Waals surface area (Å²) in [6, 6.07) is 6.23. The average molecular weight is 305 g/mol. The van der Waals surface area contributed by atoms with Gasteiger partial charge >= 0.3 is 5.97 Å². The van der Waals surface area contributed by atoms with Gasteiger partial charge in [-0.2, -0.15) is 0 Å². The molecule has 0 spiro atoms. The van der Waals surface area contributed by atoms with Gasteiger partial charge in [0.05, 0.1) is 19.8 Å². The lowest BCUT2D eigenvalue weighted by Gasteiger charge is -2.35. The summed E-state index contributed by atoms with van der Waals surface area (Å²) in [7, 11) is 5.31. The molecule has 2 heterocycles. The lowest BCUT2D eigenvalue weighted by Crippen LogP contribution is -2.43. The molecule has 0 amide bonds. The Morgan fingerprint density at radius 2 is 1.73 bits per heavy atom. The Morgan fingerprint density at radius 3 is 2.32 bits per heavy atom. The van der Waals surface area contributed by atoms with E-state index in [2.05, 4.69) is 11.9 Å². The van der Waals surface area contributed by atoms with Gasteiger partial charge in [-0.1, -0.05) is 0 Å². The Kier molecular flexibility index (Phi) is 4.25. The van der Waals surface area contributed by atoms with E-state index in [0.717, 1.165) is 12.8 Å². The van der Waals surface area contributed by atoms with Crippen LogP contribution in [-0.4, -0.2) is 50.3 Å². The fourth-order valence-corrected chi connectivity index (χ4v) is 3.64. The van der Waals surface area contributed by atoms with Crippen LogP contribution in [0.15, 0.2) is 18.2 Å². The number of benzene rings is 1. The van der Waals surface area contributed by atoms with E-state index in [0.29, 0.717) is 29.1 Å². The fourth-order valence-electron chi connectivity index (χ4n) is 3.64. The lowest BCUT2D eigenvalue weighted by atomic mass is 10.0. The monoisotopic (exact) mass is 305 g/mol. The smallest absolute Gasteiger partial charge is 0.338 e. The molecule has 0 radical (unpaired) electrons. The second-order valence-corrected chi connectivity index (χ2v) is 6.12. The minimum atomic E-state index is -0.282. The van der Waals surface area contributed by atoms with Crippen LogP contribution < -0.4 is 9.47 Å². The summed E-state index contributed by atoms with van der Waals surface area (Å²) >= 11 is 0. The van der Waals surface area contributed by atoms with E-state index in [1.807, 2.05) is 0 Å². The summed E-state index contributed by atoms with van der Waals surface area (Å²) in [5.74, 6) is 0.867. The Labute approximate surface area is 131 Å². The third-order valence-electron chi connectivity index (χ3n) is 4.95. The normalized spacial score (nSPS) is 27.5. The van der Waals surface area contributed by atoms with Gasteiger partial charge in [-0.25, -0.2) is 4.79 Å². The fraction of sp³-hybridized carbons (Fsp3) is 0.588. The molecule has 5 heteroatoms. The van der Waals surface area contributed by atoms with Crippen molar-refractivity contribution in [3.8, 4) is 11.5 Å². The number of hydrogen-bond acceptors (Lipinski definition) is 5. The molecule has 3 atom stereocenters. The Balaban J connectivity index is 1.67. The maximum atomic E-state index is 12.4. The van der Waals surface area contributed by atoms with Crippen molar-refractivity contribution in [3.63, 3.8) is 0 Å². The summed E-state index contributed by atoms with van der Waals surface area (Å²) in [6.45, 7) is 0. The van der Waals surface area contributed by atoms with E-state index in [9.17, 15) is 4.79 Å². The van der Waals surface area contributed by atoms with Gasteiger partial charge < -0.3 is 19.1 Å². The molecular weight excluding hydrogens is 282 g/mol. The van der Waals surface area contributed by atoms with Gasteiger partial charge in [0.2, 0.25) is 0 Å². The topological polar surface area (TPSA) is 48.0 Å². The van der Waals surface area contributed by atoms with Gasteiger partial charge in [-0.05, 0) is 38.1 Å². The van der Waals surface area contributed by atoms with Crippen LogP contribution >= 0.6 is 0 Å². The first-order chi connectivity index (χ1) is 10.6. The molecule has 3 rings (SSSR count). The number of piperidine rings is 1. The Morgan fingerprint density at radius 1 is 1.09 bits per heavy atom. The van der Waals surface area contributed by atoms with E-state index in [1.165, 1.54) is 12.8 Å². The van der Waals surface area contributed by atoms with Gasteiger partial charge in [0.25, 0.3) is 0 Å². The molecule has 0 saturated carbocycles. The van der Waals surface area contributed by atoms with Gasteiger partial charge in [0.1, 0.15) is 6.10 Å². The van der Waals surface area contributed by atoms with Crippen LogP contribution in [0.5, 0.6) is 11.5 Å². The van der Waals surface area contributed by atoms with Crippen LogP contribution in [0.25, 0.3) is 0 Å². The molecule has 1 aromatic rings. The molecule has 0 aliphatic carbocycles. The highest BCUT2D eigenvalue weighted by molar-refractivity contribution is 5.90. The zero-order valence-corrected chi connectivity index (χ0v) is 13.4. The summed E-state index contributed by atoms with van der Waals surface area (Å²) in [5.41, 5.74) is 0.504. The van der Waals surface area contributed by atoms with Crippen molar-refractivity contribution in [2.75, 3.05) is 21.3 Å². The first-order valence-electron chi connectivity index (χ1n) is 7.77. The highest BCUT2D eigenvalue weighted by atomic mass is 16.5. The lowest BCUT2D eigenvalue weighted by molar-refractivity contribution is -0.000478. The maximum absolute atomic E-state index is 12.4. The number of carbonyl (C=O) groups excluding carboxylic acids is 1. The van der Waals surface area contributed by atoms with Gasteiger partial charge in [0.15, 0.2) is 11.5 Å². The standard InChI is InChI=1S/C17H23NO4/c1-18-12-5-6-13(18)10-14(9-12)22-17(19)11-4-7-15(20-2)16(8-11)21-3/h4,7-8,12-14H,5-6,9-10H2,1-3H3/t12-,13?,14?/m1/s1. The minimum absolute atomic E-state index is 0.0225. The number of fused-ring (bicyclic) bond motifs is 2. The number of rotatable bonds is 4. The van der Waals surface area contributed by atoms with Gasteiger partial charge in [0, 0.05) is 24.9 Å². The average Bonchev–Trinajstić information content (AvgIpc) is 2.76. The van der Waals surface area contributed by atoms with E-state index < -0.39 is 0 Å². The quantitative estimate of drug-likeness (QED) is 0.800. The van der Waals surface area contributed by atoms with E-state index in [1.54, 1.807) is 32.4 Å². The zero-order chi connectivity index (χ0) is 15.7. The first-order valence-corrected chi connectivity index (χ1v) is 7.77. The SMILES string of the molecule is COc1ccc(C(=O)OC2CC3CC[C@H](C2)N3C)cc1OC. The van der Waals surface area contributed by atoms with Crippen LogP contribution in [-0.2, 0) is 4.74 Å². The Bertz CT molecular complexity index is 546. The van der Waals surface area contributed by atoms with Crippen molar-refractivity contribution < 1.29 is 19.0 Å². The van der Waals surface area contributed by atoms with Crippen molar-refractivity contribution in [2.45, 2.75) is 43.9 Å². The second-order valence-electron chi connectivity index (χ2n) is 6.12. The van der Waals surface area contributed by atoms with E-state index in [4.69, 9.17) is 14.2 Å². The zero-order valence-electron chi connectivity index (χ0n) is 13.4. The largest absolute Gasteiger partial charge is 0.493 e. The highest BCUT2D eigenvalue weighted by Crippen LogP contribution is 2.36. The molecule has 2 fully saturated rings. The molecule has 2 bridgehead atoms. The molecule has 2 saturated heterocycles. The molecule has 0 N–H and O–H groups in total. The van der Waals surface area contributed by atoms with Crippen LogP contribution in [0, 0.1) is 0 Å². The number of hydrogen-bond donors (Lipinski definition) is 0. The van der Waals surface area contributed by atoms with Crippen molar-refractivity contribution in [3.05, 3.63) is 23.8 Å². The predicted molar refractivity (Wildman–Crippen MR) is 82.6 cm³/mol. The van der Waals surface area contributed by atoms with Crippen LogP contribution in [0.3, 0.4) is 0 Å². The molecule has 2 unspecified atom stereocenters. The molecule has 5 nitrogen and oxygen atoms in total. The summed E-state index contributed by atoms with van der Waals surface area (Å²) in [5, 5.41) is 0. The second kappa shape index (κ2) is 6.16. The molecular formula is C17H23NO4. The summed E-state index contributed by atoms with van der Waals surface area (Å²) in [4.78, 5) is 14.8. The van der Waals surface area contributed by atoms with Crippen LogP contribution in [0.4, 0.5) is 0 Å². The maximum Gasteiger partial charge on any atom is 0.338 e. The number of methoxy groups -OCH3 is 2. The minimum Gasteiger partial charge on any atom is -0.493 e. The third kappa shape index (κ3) is 2.77. The number of nitrogens with zero attached hydrogens (tertiary/aromatic N) is 1. The number of esters is 1. The number of carbonyl (C=O) groups is 1. The van der Waals surface area contributed by atoms with E-state index in [-0.39, 0.29) is 12.1 Å². The van der Waals surface area contributed by atoms with Crippen molar-refractivity contribution in [1.82, 2.24) is 4.90 Å². The van der Waals surface area contributed by atoms with Crippen LogP contribution in [0.1, 0.15) is 36.0 Å². The predicted octanol–water partition coefficient (Wildman–Crippen LogP) is 2.49. The molecule has 22 heavy (non-hydrogen) atoms. The molecule has 2 aliphatic rings. The highest BCUT2D eigenvalue weighted by Gasteiger charge is 2.39. The van der Waals surface area contributed by atoms with E-state index >= 15 is 0 Å². The summed E-state index contributed by atoms with van der Waals surface area (Å²) < 4.78 is 16.1. The van der Waals surface area contributed by atoms with Crippen molar-refractivity contribution in [2.24, 2.45) is 0 Å².